The lowest BCUT2D eigenvalue weighted by molar-refractivity contribution is -0.129. The van der Waals surface area contributed by atoms with Crippen molar-refractivity contribution in [2.75, 3.05) is 18.8 Å². The Morgan fingerprint density at radius 3 is 2.92 bits per heavy atom. The molecule has 0 saturated carbocycles. The summed E-state index contributed by atoms with van der Waals surface area (Å²) in [4.78, 5) is 18.7. The number of hydrogen-bond acceptors (Lipinski definition) is 5. The first kappa shape index (κ1) is 17.3. The predicted octanol–water partition coefficient (Wildman–Crippen LogP) is 3.67. The predicted molar refractivity (Wildman–Crippen MR) is 95.2 cm³/mol. The van der Waals surface area contributed by atoms with Crippen molar-refractivity contribution in [1.82, 2.24) is 15.0 Å². The Bertz CT molecular complexity index is 689. The van der Waals surface area contributed by atoms with Gasteiger partial charge in [0.15, 0.2) is 5.82 Å². The van der Waals surface area contributed by atoms with E-state index in [9.17, 15) is 4.79 Å². The number of thioether (sulfide) groups is 1. The average Bonchev–Trinajstić information content (AvgIpc) is 3.03. The van der Waals surface area contributed by atoms with E-state index in [1.54, 1.807) is 11.8 Å². The summed E-state index contributed by atoms with van der Waals surface area (Å²) in [5, 5.41) is 4.58. The van der Waals surface area contributed by atoms with Crippen molar-refractivity contribution in [2.45, 2.75) is 31.4 Å². The molecule has 2 aromatic rings. The third kappa shape index (κ3) is 4.51. The molecule has 5 nitrogen and oxygen atoms in total. The Labute approximate surface area is 150 Å². The minimum atomic E-state index is 0.158. The molecule has 1 aromatic heterocycles. The van der Waals surface area contributed by atoms with Gasteiger partial charge in [0.25, 0.3) is 0 Å². The van der Waals surface area contributed by atoms with Gasteiger partial charge in [0.05, 0.1) is 11.7 Å². The Kier molecular flexibility index (Phi) is 5.79. The highest BCUT2D eigenvalue weighted by atomic mass is 35.5. The second-order valence-electron chi connectivity index (χ2n) is 5.98. The number of benzene rings is 1. The van der Waals surface area contributed by atoms with Crippen molar-refractivity contribution in [3.05, 3.63) is 46.6 Å². The molecule has 1 aliphatic rings. The van der Waals surface area contributed by atoms with Gasteiger partial charge in [-0.05, 0) is 37.5 Å². The van der Waals surface area contributed by atoms with Crippen LogP contribution in [0.3, 0.4) is 0 Å². The molecule has 0 radical (unpaired) electrons. The van der Waals surface area contributed by atoms with E-state index in [1.807, 2.05) is 36.1 Å². The topological polar surface area (TPSA) is 59.2 Å². The molecule has 3 rings (SSSR count). The number of piperidine rings is 1. The van der Waals surface area contributed by atoms with Crippen LogP contribution in [0.15, 0.2) is 28.8 Å². The van der Waals surface area contributed by atoms with Crippen LogP contribution in [0, 0.1) is 6.92 Å². The second kappa shape index (κ2) is 8.03. The number of carbonyl (C=O) groups excluding carboxylic acids is 1. The molecule has 7 heteroatoms. The highest BCUT2D eigenvalue weighted by Gasteiger charge is 2.28. The molecule has 128 valence electrons. The molecular weight excluding hydrogens is 346 g/mol. The largest absolute Gasteiger partial charge is 0.341 e. The highest BCUT2D eigenvalue weighted by molar-refractivity contribution is 7.99. The van der Waals surface area contributed by atoms with Crippen molar-refractivity contribution in [3.63, 3.8) is 0 Å². The molecule has 1 aromatic carbocycles. The minimum Gasteiger partial charge on any atom is -0.341 e. The van der Waals surface area contributed by atoms with E-state index < -0.39 is 0 Å². The Balaban J connectivity index is 1.48. The zero-order chi connectivity index (χ0) is 16.9. The molecule has 24 heavy (non-hydrogen) atoms. The fraction of sp³-hybridized carbons (Fsp3) is 0.471. The van der Waals surface area contributed by atoms with E-state index in [1.165, 1.54) is 5.56 Å². The van der Waals surface area contributed by atoms with E-state index in [2.05, 4.69) is 10.1 Å². The first-order valence-corrected chi connectivity index (χ1v) is 9.55. The number of nitrogens with zero attached hydrogens (tertiary/aromatic N) is 3. The minimum absolute atomic E-state index is 0.158. The number of amides is 1. The quantitative estimate of drug-likeness (QED) is 0.809. The smallest absolute Gasteiger partial charge is 0.232 e. The summed E-state index contributed by atoms with van der Waals surface area (Å²) < 4.78 is 5.27. The van der Waals surface area contributed by atoms with Crippen molar-refractivity contribution in [1.29, 1.82) is 0 Å². The number of aryl methyl sites for hydroxylation is 1. The average molecular weight is 366 g/mol. The van der Waals surface area contributed by atoms with Crippen LogP contribution in [-0.2, 0) is 10.5 Å². The summed E-state index contributed by atoms with van der Waals surface area (Å²) in [6.07, 6.45) is 1.96. The van der Waals surface area contributed by atoms with Crippen LogP contribution in [-0.4, -0.2) is 39.8 Å². The zero-order valence-corrected chi connectivity index (χ0v) is 15.1. The van der Waals surface area contributed by atoms with E-state index in [0.717, 1.165) is 30.2 Å². The molecule has 0 N–H and O–H groups in total. The lowest BCUT2D eigenvalue weighted by Gasteiger charge is -2.31. The Morgan fingerprint density at radius 2 is 2.21 bits per heavy atom. The highest BCUT2D eigenvalue weighted by Crippen LogP contribution is 2.26. The van der Waals surface area contributed by atoms with Gasteiger partial charge in [-0.25, -0.2) is 0 Å². The fourth-order valence-corrected chi connectivity index (χ4v) is 3.83. The van der Waals surface area contributed by atoms with Crippen molar-refractivity contribution in [3.8, 4) is 0 Å². The lowest BCUT2D eigenvalue weighted by atomic mass is 9.98. The summed E-state index contributed by atoms with van der Waals surface area (Å²) in [5.74, 6) is 2.92. The fourth-order valence-electron chi connectivity index (χ4n) is 2.81. The summed E-state index contributed by atoms with van der Waals surface area (Å²) in [6, 6.07) is 7.74. The summed E-state index contributed by atoms with van der Waals surface area (Å²) in [7, 11) is 0. The van der Waals surface area contributed by atoms with Crippen LogP contribution in [0.5, 0.6) is 0 Å². The normalized spacial score (nSPS) is 17.9. The number of hydrogen-bond donors (Lipinski definition) is 0. The second-order valence-corrected chi connectivity index (χ2v) is 7.40. The first-order valence-electron chi connectivity index (χ1n) is 8.02. The SMILES string of the molecule is Cc1noc(C2CCCN(C(=O)CSCc3ccc(Cl)cc3)C2)n1. The van der Waals surface area contributed by atoms with Crippen LogP contribution >= 0.6 is 23.4 Å². The van der Waals surface area contributed by atoms with Crippen LogP contribution in [0.4, 0.5) is 0 Å². The number of likely N-dealkylation sites (tertiary alicyclic amines) is 1. The van der Waals surface area contributed by atoms with Crippen LogP contribution in [0.1, 0.15) is 36.0 Å². The molecule has 2 heterocycles. The van der Waals surface area contributed by atoms with Gasteiger partial charge >= 0.3 is 0 Å². The molecule has 0 aliphatic carbocycles. The van der Waals surface area contributed by atoms with Crippen LogP contribution in [0.25, 0.3) is 0 Å². The Morgan fingerprint density at radius 1 is 1.42 bits per heavy atom. The maximum atomic E-state index is 12.4. The van der Waals surface area contributed by atoms with E-state index in [0.29, 0.717) is 24.0 Å². The third-order valence-electron chi connectivity index (χ3n) is 4.07. The molecule has 0 bridgehead atoms. The van der Waals surface area contributed by atoms with Gasteiger partial charge in [0, 0.05) is 23.9 Å². The standard InChI is InChI=1S/C17H20ClN3O2S/c1-12-19-17(23-20-12)14-3-2-8-21(9-14)16(22)11-24-10-13-4-6-15(18)7-5-13/h4-7,14H,2-3,8-11H2,1H3. The van der Waals surface area contributed by atoms with Gasteiger partial charge in [0.1, 0.15) is 0 Å². The van der Waals surface area contributed by atoms with Gasteiger partial charge in [-0.1, -0.05) is 28.9 Å². The summed E-state index contributed by atoms with van der Waals surface area (Å²) in [5.41, 5.74) is 1.18. The molecular formula is C17H20ClN3O2S. The summed E-state index contributed by atoms with van der Waals surface area (Å²) in [6.45, 7) is 3.29. The molecule has 1 saturated heterocycles. The van der Waals surface area contributed by atoms with E-state index in [-0.39, 0.29) is 11.8 Å². The maximum absolute atomic E-state index is 12.4. The van der Waals surface area contributed by atoms with Gasteiger partial charge in [-0.3, -0.25) is 4.79 Å². The third-order valence-corrected chi connectivity index (χ3v) is 5.31. The number of halogens is 1. The number of rotatable bonds is 5. The summed E-state index contributed by atoms with van der Waals surface area (Å²) >= 11 is 7.51. The molecule has 1 amide bonds. The van der Waals surface area contributed by atoms with Crippen molar-refractivity contribution in [2.24, 2.45) is 0 Å². The first-order chi connectivity index (χ1) is 11.6. The zero-order valence-electron chi connectivity index (χ0n) is 13.6. The van der Waals surface area contributed by atoms with Gasteiger partial charge < -0.3 is 9.42 Å². The van der Waals surface area contributed by atoms with Gasteiger partial charge in [0.2, 0.25) is 11.8 Å². The van der Waals surface area contributed by atoms with E-state index >= 15 is 0 Å². The Hall–Kier alpha value is -1.53. The van der Waals surface area contributed by atoms with Crippen molar-refractivity contribution >= 4 is 29.3 Å². The molecule has 1 fully saturated rings. The molecule has 1 unspecified atom stereocenters. The monoisotopic (exact) mass is 365 g/mol. The molecule has 1 atom stereocenters. The van der Waals surface area contributed by atoms with Gasteiger partial charge in [-0.2, -0.15) is 4.98 Å². The molecule has 1 aliphatic heterocycles. The van der Waals surface area contributed by atoms with Crippen molar-refractivity contribution < 1.29 is 9.32 Å². The lowest BCUT2D eigenvalue weighted by Crippen LogP contribution is -2.40. The van der Waals surface area contributed by atoms with Crippen LogP contribution < -0.4 is 0 Å². The van der Waals surface area contributed by atoms with Gasteiger partial charge in [-0.15, -0.1) is 11.8 Å². The van der Waals surface area contributed by atoms with E-state index in [4.69, 9.17) is 16.1 Å². The number of carbonyl (C=O) groups is 1. The van der Waals surface area contributed by atoms with Crippen LogP contribution in [0.2, 0.25) is 5.02 Å². The number of aromatic nitrogens is 2. The molecule has 0 spiro atoms. The maximum Gasteiger partial charge on any atom is 0.232 e.